The lowest BCUT2D eigenvalue weighted by atomic mass is 10.1. The Hall–Kier alpha value is -3.15. The van der Waals surface area contributed by atoms with Crippen LogP contribution in [0.1, 0.15) is 35.8 Å². The first kappa shape index (κ1) is 15.4. The van der Waals surface area contributed by atoms with E-state index in [1.807, 2.05) is 6.07 Å². The molecule has 0 saturated heterocycles. The van der Waals surface area contributed by atoms with Crippen LogP contribution in [0.5, 0.6) is 0 Å². The van der Waals surface area contributed by atoms with Gasteiger partial charge in [-0.15, -0.1) is 5.10 Å². The Morgan fingerprint density at radius 3 is 2.68 bits per heavy atom. The van der Waals surface area contributed by atoms with Gasteiger partial charge in [0.25, 0.3) is 0 Å². The number of nitrogens with zero attached hydrogens (tertiary/aromatic N) is 4. The molecule has 0 atom stereocenters. The number of hydrogen-bond acceptors (Lipinski definition) is 5. The Kier molecular flexibility index (Phi) is 3.35. The maximum absolute atomic E-state index is 12.9. The van der Waals surface area contributed by atoms with E-state index < -0.39 is 11.7 Å². The Morgan fingerprint density at radius 2 is 2.00 bits per heavy atom. The van der Waals surface area contributed by atoms with E-state index in [2.05, 4.69) is 20.4 Å². The van der Waals surface area contributed by atoms with Crippen LogP contribution >= 0.6 is 0 Å². The predicted octanol–water partition coefficient (Wildman–Crippen LogP) is 3.89. The third-order valence-corrected chi connectivity index (χ3v) is 3.92. The first-order chi connectivity index (χ1) is 12.0. The quantitative estimate of drug-likeness (QED) is 0.777. The summed E-state index contributed by atoms with van der Waals surface area (Å²) in [5.41, 5.74) is 0.0826. The molecule has 4 rings (SSSR count). The van der Waals surface area contributed by atoms with Crippen molar-refractivity contribution in [2.24, 2.45) is 0 Å². The number of nitrogens with one attached hydrogen (secondary N) is 1. The van der Waals surface area contributed by atoms with Crippen LogP contribution in [-0.2, 0) is 6.18 Å². The third-order valence-electron chi connectivity index (χ3n) is 3.92. The fraction of sp³-hybridized carbons (Fsp3) is 0.250. The van der Waals surface area contributed by atoms with Crippen molar-refractivity contribution in [2.45, 2.75) is 24.9 Å². The van der Waals surface area contributed by atoms with Crippen molar-refractivity contribution < 1.29 is 17.6 Å². The number of halogens is 3. The summed E-state index contributed by atoms with van der Waals surface area (Å²) in [6, 6.07) is 6.67. The first-order valence-corrected chi connectivity index (χ1v) is 7.47. The second kappa shape index (κ2) is 5.44. The molecule has 0 radical (unpaired) electrons. The summed E-state index contributed by atoms with van der Waals surface area (Å²) in [6.45, 7) is 0. The molecular formula is C16H10F3N5O. The van der Waals surface area contributed by atoms with Gasteiger partial charge in [-0.3, -0.25) is 0 Å². The van der Waals surface area contributed by atoms with Crippen LogP contribution in [-0.4, -0.2) is 20.4 Å². The molecule has 1 aromatic carbocycles. The Labute approximate surface area is 139 Å². The summed E-state index contributed by atoms with van der Waals surface area (Å²) >= 11 is 0. The molecule has 3 aromatic rings. The minimum atomic E-state index is -4.45. The van der Waals surface area contributed by atoms with Crippen molar-refractivity contribution >= 4 is 0 Å². The normalized spacial score (nSPS) is 14.5. The SMILES string of the molecule is N#Cc1n[nH]nc1-c1nc(-c2cccc(C(F)(F)F)c2)oc1C1CC1. The fourth-order valence-electron chi connectivity index (χ4n) is 2.55. The van der Waals surface area contributed by atoms with Crippen molar-refractivity contribution in [3.8, 4) is 28.9 Å². The molecule has 1 fully saturated rings. The average molecular weight is 345 g/mol. The number of oxazole rings is 1. The molecule has 126 valence electrons. The van der Waals surface area contributed by atoms with Crippen LogP contribution in [0.2, 0.25) is 0 Å². The van der Waals surface area contributed by atoms with E-state index >= 15 is 0 Å². The molecule has 2 aromatic heterocycles. The lowest BCUT2D eigenvalue weighted by Crippen LogP contribution is -2.04. The van der Waals surface area contributed by atoms with E-state index in [0.29, 0.717) is 11.5 Å². The number of alkyl halides is 3. The highest BCUT2D eigenvalue weighted by Gasteiger charge is 2.35. The molecule has 25 heavy (non-hydrogen) atoms. The molecule has 9 heteroatoms. The molecule has 0 spiro atoms. The van der Waals surface area contributed by atoms with E-state index in [4.69, 9.17) is 9.68 Å². The highest BCUT2D eigenvalue weighted by molar-refractivity contribution is 5.67. The monoisotopic (exact) mass is 345 g/mol. The van der Waals surface area contributed by atoms with Crippen molar-refractivity contribution in [2.75, 3.05) is 0 Å². The number of aromatic amines is 1. The molecule has 1 aliphatic carbocycles. The van der Waals surface area contributed by atoms with Crippen molar-refractivity contribution in [1.82, 2.24) is 20.4 Å². The van der Waals surface area contributed by atoms with Gasteiger partial charge in [-0.1, -0.05) is 6.07 Å². The van der Waals surface area contributed by atoms with Gasteiger partial charge in [0.15, 0.2) is 11.4 Å². The molecule has 0 bridgehead atoms. The number of aromatic nitrogens is 4. The Balaban J connectivity index is 1.83. The molecule has 0 amide bonds. The summed E-state index contributed by atoms with van der Waals surface area (Å²) in [7, 11) is 0. The van der Waals surface area contributed by atoms with Gasteiger partial charge < -0.3 is 4.42 Å². The second-order valence-electron chi connectivity index (χ2n) is 5.72. The van der Waals surface area contributed by atoms with Gasteiger partial charge in [-0.05, 0) is 31.0 Å². The Bertz CT molecular complexity index is 978. The zero-order valence-electron chi connectivity index (χ0n) is 12.6. The maximum atomic E-state index is 12.9. The van der Waals surface area contributed by atoms with Gasteiger partial charge in [-0.2, -0.15) is 28.7 Å². The van der Waals surface area contributed by atoms with Crippen LogP contribution in [0.4, 0.5) is 13.2 Å². The smallest absolute Gasteiger partial charge is 0.416 e. The second-order valence-corrected chi connectivity index (χ2v) is 5.72. The predicted molar refractivity (Wildman–Crippen MR) is 79.0 cm³/mol. The molecule has 0 unspecified atom stereocenters. The molecule has 0 aliphatic heterocycles. The van der Waals surface area contributed by atoms with E-state index in [1.165, 1.54) is 12.1 Å². The molecule has 2 heterocycles. The minimum Gasteiger partial charge on any atom is -0.440 e. The topological polar surface area (TPSA) is 91.4 Å². The zero-order chi connectivity index (χ0) is 17.6. The van der Waals surface area contributed by atoms with Crippen molar-refractivity contribution in [3.63, 3.8) is 0 Å². The van der Waals surface area contributed by atoms with Crippen molar-refractivity contribution in [3.05, 3.63) is 41.3 Å². The van der Waals surface area contributed by atoms with Gasteiger partial charge >= 0.3 is 6.18 Å². The van der Waals surface area contributed by atoms with Gasteiger partial charge in [-0.25, -0.2) is 4.98 Å². The van der Waals surface area contributed by atoms with E-state index in [-0.39, 0.29) is 28.8 Å². The maximum Gasteiger partial charge on any atom is 0.416 e. The van der Waals surface area contributed by atoms with Crippen LogP contribution < -0.4 is 0 Å². The molecule has 6 nitrogen and oxygen atoms in total. The van der Waals surface area contributed by atoms with Crippen LogP contribution in [0, 0.1) is 11.3 Å². The number of benzene rings is 1. The van der Waals surface area contributed by atoms with Crippen LogP contribution in [0.25, 0.3) is 22.8 Å². The third kappa shape index (κ3) is 2.76. The summed E-state index contributed by atoms with van der Waals surface area (Å²) < 4.78 is 44.5. The number of H-pyrrole nitrogens is 1. The minimum absolute atomic E-state index is 0.0609. The average Bonchev–Trinajstić information content (AvgIpc) is 3.17. The Morgan fingerprint density at radius 1 is 1.20 bits per heavy atom. The van der Waals surface area contributed by atoms with Gasteiger partial charge in [0.05, 0.1) is 5.56 Å². The van der Waals surface area contributed by atoms with Crippen LogP contribution in [0.3, 0.4) is 0 Å². The van der Waals surface area contributed by atoms with Gasteiger partial charge in [0.2, 0.25) is 5.89 Å². The van der Waals surface area contributed by atoms with E-state index in [9.17, 15) is 13.2 Å². The lowest BCUT2D eigenvalue weighted by molar-refractivity contribution is -0.137. The summed E-state index contributed by atoms with van der Waals surface area (Å²) in [5.74, 6) is 0.720. The van der Waals surface area contributed by atoms with E-state index in [1.54, 1.807) is 0 Å². The first-order valence-electron chi connectivity index (χ1n) is 7.47. The largest absolute Gasteiger partial charge is 0.440 e. The fourth-order valence-corrected chi connectivity index (χ4v) is 2.55. The van der Waals surface area contributed by atoms with Gasteiger partial charge in [0, 0.05) is 11.5 Å². The summed E-state index contributed by atoms with van der Waals surface area (Å²) in [5, 5.41) is 19.1. The van der Waals surface area contributed by atoms with Crippen LogP contribution in [0.15, 0.2) is 28.7 Å². The van der Waals surface area contributed by atoms with Crippen molar-refractivity contribution in [1.29, 1.82) is 5.26 Å². The summed E-state index contributed by atoms with van der Waals surface area (Å²) in [4.78, 5) is 4.31. The molecular weight excluding hydrogens is 335 g/mol. The molecule has 1 saturated carbocycles. The zero-order valence-corrected chi connectivity index (χ0v) is 12.6. The van der Waals surface area contributed by atoms with Gasteiger partial charge in [0.1, 0.15) is 17.5 Å². The number of rotatable bonds is 3. The highest BCUT2D eigenvalue weighted by Crippen LogP contribution is 2.46. The summed E-state index contributed by atoms with van der Waals surface area (Å²) in [6.07, 6.45) is -2.67. The lowest BCUT2D eigenvalue weighted by Gasteiger charge is -2.06. The molecule has 1 N–H and O–H groups in total. The van der Waals surface area contributed by atoms with E-state index in [0.717, 1.165) is 25.0 Å². The molecule has 1 aliphatic rings. The highest BCUT2D eigenvalue weighted by atomic mass is 19.4. The number of hydrogen-bond donors (Lipinski definition) is 1. The number of nitriles is 1. The standard InChI is InChI=1S/C16H10F3N5O/c17-16(18,19)10-3-1-2-9(6-10)15-21-13(14(25-15)8-4-5-8)12-11(7-20)22-24-23-12/h1-3,6,8H,4-5H2,(H,22,23,24).